The molecule has 0 aromatic heterocycles. The van der Waals surface area contributed by atoms with Crippen molar-refractivity contribution >= 4 is 37.8 Å². The molecule has 0 radical (unpaired) electrons. The summed E-state index contributed by atoms with van der Waals surface area (Å²) in [5.74, 6) is -1.22. The molecule has 1 aromatic carbocycles. The van der Waals surface area contributed by atoms with E-state index in [0.717, 1.165) is 0 Å². The van der Waals surface area contributed by atoms with Gasteiger partial charge in [0.2, 0.25) is 0 Å². The topological polar surface area (TPSA) is 40.5 Å². The molecule has 0 bridgehead atoms. The number of carbonyl (C=O) groups excluding carboxylic acids is 1. The summed E-state index contributed by atoms with van der Waals surface area (Å²) < 4.78 is 37.7. The highest BCUT2D eigenvalue weighted by molar-refractivity contribution is 9.10. The van der Waals surface area contributed by atoms with Crippen LogP contribution in [0.1, 0.15) is 10.4 Å². The van der Waals surface area contributed by atoms with E-state index in [9.17, 15) is 23.1 Å². The van der Waals surface area contributed by atoms with Crippen LogP contribution in [0.3, 0.4) is 0 Å². The molecule has 0 saturated heterocycles. The van der Waals surface area contributed by atoms with E-state index in [1.807, 2.05) is 0 Å². The molecule has 3 nitrogen and oxygen atoms in total. The average molecular weight is 405 g/mol. The van der Waals surface area contributed by atoms with E-state index in [4.69, 9.17) is 0 Å². The quantitative estimate of drug-likeness (QED) is 0.779. The maximum Gasteiger partial charge on any atom is 0.406 e. The fraction of sp³-hybridized carbons (Fsp3) is 0.364. The van der Waals surface area contributed by atoms with Crippen LogP contribution in [0.4, 0.5) is 13.2 Å². The van der Waals surface area contributed by atoms with Crippen molar-refractivity contribution in [1.29, 1.82) is 0 Å². The number of phenolic OH excluding ortho intramolecular Hbond substituents is 1. The fourth-order valence-corrected chi connectivity index (χ4v) is 2.21. The lowest BCUT2D eigenvalue weighted by Gasteiger charge is -2.23. The Morgan fingerprint density at radius 2 is 2.00 bits per heavy atom. The number of rotatable bonds is 4. The first kappa shape index (κ1) is 16.3. The van der Waals surface area contributed by atoms with Crippen molar-refractivity contribution in [2.24, 2.45) is 0 Å². The van der Waals surface area contributed by atoms with E-state index in [-0.39, 0.29) is 23.2 Å². The number of benzene rings is 1. The zero-order valence-electron chi connectivity index (χ0n) is 9.55. The molecule has 8 heteroatoms. The van der Waals surface area contributed by atoms with Crippen molar-refractivity contribution in [3.8, 4) is 5.75 Å². The highest BCUT2D eigenvalue weighted by atomic mass is 79.9. The van der Waals surface area contributed by atoms with Crippen LogP contribution in [0, 0.1) is 0 Å². The molecule has 0 aliphatic carbocycles. The Kier molecular flexibility index (Phi) is 5.66. The first-order valence-corrected chi connectivity index (χ1v) is 7.06. The Morgan fingerprint density at radius 3 is 2.53 bits per heavy atom. The molecule has 0 aliphatic rings. The van der Waals surface area contributed by atoms with E-state index in [0.29, 0.717) is 9.37 Å². The molecule has 1 N–H and O–H groups in total. The number of hydrogen-bond donors (Lipinski definition) is 1. The van der Waals surface area contributed by atoms with Crippen molar-refractivity contribution in [2.75, 3.05) is 18.4 Å². The van der Waals surface area contributed by atoms with Gasteiger partial charge in [0.05, 0.1) is 5.56 Å². The number of aromatic hydroxyl groups is 1. The maximum absolute atomic E-state index is 12.4. The van der Waals surface area contributed by atoms with Crippen molar-refractivity contribution in [2.45, 2.75) is 6.18 Å². The SMILES string of the molecule is O=C(c1cc(Br)ccc1O)N(CCBr)CC(F)(F)F. The second kappa shape index (κ2) is 6.60. The van der Waals surface area contributed by atoms with Gasteiger partial charge < -0.3 is 10.0 Å². The van der Waals surface area contributed by atoms with Gasteiger partial charge in [-0.3, -0.25) is 4.79 Å². The van der Waals surface area contributed by atoms with Crippen LogP contribution < -0.4 is 0 Å². The number of hydrogen-bond acceptors (Lipinski definition) is 2. The summed E-state index contributed by atoms with van der Waals surface area (Å²) in [6.45, 7) is -1.46. The van der Waals surface area contributed by atoms with Crippen molar-refractivity contribution in [1.82, 2.24) is 4.90 Å². The first-order chi connectivity index (χ1) is 8.74. The monoisotopic (exact) mass is 403 g/mol. The minimum Gasteiger partial charge on any atom is -0.507 e. The summed E-state index contributed by atoms with van der Waals surface area (Å²) in [6, 6.07) is 4.02. The number of halogens is 5. The molecule has 0 unspecified atom stereocenters. The van der Waals surface area contributed by atoms with Gasteiger partial charge in [0.1, 0.15) is 12.3 Å². The van der Waals surface area contributed by atoms with Gasteiger partial charge in [0, 0.05) is 16.3 Å². The number of phenols is 1. The summed E-state index contributed by atoms with van der Waals surface area (Å²) >= 11 is 6.10. The Morgan fingerprint density at radius 1 is 1.37 bits per heavy atom. The molecule has 1 aromatic rings. The molecule has 0 saturated carbocycles. The van der Waals surface area contributed by atoms with Crippen molar-refractivity contribution in [3.63, 3.8) is 0 Å². The normalized spacial score (nSPS) is 11.4. The summed E-state index contributed by atoms with van der Waals surface area (Å²) in [7, 11) is 0. The second-order valence-corrected chi connectivity index (χ2v) is 5.40. The van der Waals surface area contributed by atoms with Crippen LogP contribution in [-0.4, -0.2) is 40.5 Å². The lowest BCUT2D eigenvalue weighted by atomic mass is 10.1. The summed E-state index contributed by atoms with van der Waals surface area (Å²) in [5.41, 5.74) is -0.167. The third-order valence-electron chi connectivity index (χ3n) is 2.20. The second-order valence-electron chi connectivity index (χ2n) is 3.69. The molecule has 0 spiro atoms. The molecule has 1 amide bonds. The predicted octanol–water partition coefficient (Wildman–Crippen LogP) is 3.55. The van der Waals surface area contributed by atoms with E-state index >= 15 is 0 Å². The molecular formula is C11H10Br2F3NO2. The minimum atomic E-state index is -4.49. The zero-order chi connectivity index (χ0) is 14.6. The van der Waals surface area contributed by atoms with Gasteiger partial charge in [-0.2, -0.15) is 13.2 Å². The fourth-order valence-electron chi connectivity index (χ4n) is 1.42. The van der Waals surface area contributed by atoms with Gasteiger partial charge in [-0.25, -0.2) is 0 Å². The summed E-state index contributed by atoms with van der Waals surface area (Å²) in [5, 5.41) is 9.77. The standard InChI is InChI=1S/C11H10Br2F3NO2/c12-3-4-17(6-11(14,15)16)10(19)8-5-7(13)1-2-9(8)18/h1-2,5,18H,3-4,6H2. The van der Waals surface area contributed by atoms with E-state index in [1.165, 1.54) is 18.2 Å². The molecule has 106 valence electrons. The molecular weight excluding hydrogens is 395 g/mol. The Bertz CT molecular complexity index is 466. The van der Waals surface area contributed by atoms with Crippen LogP contribution in [0.15, 0.2) is 22.7 Å². The third-order valence-corrected chi connectivity index (χ3v) is 3.05. The molecule has 1 rings (SSSR count). The summed E-state index contributed by atoms with van der Waals surface area (Å²) in [4.78, 5) is 12.6. The molecule has 0 heterocycles. The van der Waals surface area contributed by atoms with Crippen molar-refractivity contribution < 1.29 is 23.1 Å². The highest BCUT2D eigenvalue weighted by Crippen LogP contribution is 2.25. The van der Waals surface area contributed by atoms with Gasteiger partial charge in [-0.15, -0.1) is 0 Å². The Labute approximate surface area is 124 Å². The average Bonchev–Trinajstić information content (AvgIpc) is 2.29. The molecule has 19 heavy (non-hydrogen) atoms. The highest BCUT2D eigenvalue weighted by Gasteiger charge is 2.33. The first-order valence-electron chi connectivity index (χ1n) is 5.15. The van der Waals surface area contributed by atoms with Gasteiger partial charge in [0.15, 0.2) is 0 Å². The van der Waals surface area contributed by atoms with Gasteiger partial charge in [0.25, 0.3) is 5.91 Å². The smallest absolute Gasteiger partial charge is 0.406 e. The largest absolute Gasteiger partial charge is 0.507 e. The maximum atomic E-state index is 12.4. The van der Waals surface area contributed by atoms with E-state index < -0.39 is 18.6 Å². The lowest BCUT2D eigenvalue weighted by molar-refractivity contribution is -0.140. The summed E-state index contributed by atoms with van der Waals surface area (Å²) in [6.07, 6.45) is -4.49. The zero-order valence-corrected chi connectivity index (χ0v) is 12.7. The van der Waals surface area contributed by atoms with Gasteiger partial charge in [-0.05, 0) is 18.2 Å². The molecule has 0 aliphatic heterocycles. The molecule has 0 atom stereocenters. The van der Waals surface area contributed by atoms with Crippen LogP contribution in [0.2, 0.25) is 0 Å². The van der Waals surface area contributed by atoms with Gasteiger partial charge in [-0.1, -0.05) is 31.9 Å². The van der Waals surface area contributed by atoms with Gasteiger partial charge >= 0.3 is 6.18 Å². The van der Waals surface area contributed by atoms with Crippen LogP contribution >= 0.6 is 31.9 Å². The number of amides is 1. The Hall–Kier alpha value is -0.760. The third kappa shape index (κ3) is 5.02. The van der Waals surface area contributed by atoms with Crippen LogP contribution in [0.25, 0.3) is 0 Å². The van der Waals surface area contributed by atoms with Crippen molar-refractivity contribution in [3.05, 3.63) is 28.2 Å². The van der Waals surface area contributed by atoms with E-state index in [2.05, 4.69) is 31.9 Å². The predicted molar refractivity (Wildman–Crippen MR) is 71.6 cm³/mol. The minimum absolute atomic E-state index is 0.107. The molecule has 0 fully saturated rings. The Balaban J connectivity index is 3.02. The van der Waals surface area contributed by atoms with E-state index in [1.54, 1.807) is 0 Å². The van der Waals surface area contributed by atoms with Crippen LogP contribution in [-0.2, 0) is 0 Å². The lowest BCUT2D eigenvalue weighted by Crippen LogP contribution is -2.40. The number of alkyl halides is 4. The number of nitrogens with zero attached hydrogens (tertiary/aromatic N) is 1. The number of carbonyl (C=O) groups is 1. The van der Waals surface area contributed by atoms with Crippen LogP contribution in [0.5, 0.6) is 5.75 Å².